The molecule has 0 amide bonds. The molecule has 0 fully saturated rings. The van der Waals surface area contributed by atoms with Crippen LogP contribution in [0.25, 0.3) is 0 Å². The van der Waals surface area contributed by atoms with Gasteiger partial charge in [-0.15, -0.1) is 0 Å². The number of esters is 1. The zero-order valence-corrected chi connectivity index (χ0v) is 11.2. The van der Waals surface area contributed by atoms with E-state index >= 15 is 0 Å². The van der Waals surface area contributed by atoms with Gasteiger partial charge in [0.15, 0.2) is 0 Å². The molecule has 1 aromatic heterocycles. The number of hydrogen-bond acceptors (Lipinski definition) is 3. The highest BCUT2D eigenvalue weighted by Crippen LogP contribution is 2.23. The van der Waals surface area contributed by atoms with Crippen LogP contribution in [0.3, 0.4) is 0 Å². The maximum atomic E-state index is 11.8. The number of ether oxygens (including phenoxy) is 2. The molecule has 0 aliphatic carbocycles. The molecule has 0 aliphatic rings. The van der Waals surface area contributed by atoms with Gasteiger partial charge >= 0.3 is 5.97 Å². The number of H-pyrrole nitrogens is 1. The lowest BCUT2D eigenvalue weighted by Gasteiger charge is -2.07. The molecule has 3 rings (SSSR count). The maximum absolute atomic E-state index is 11.8. The first-order chi connectivity index (χ1) is 10.3. The molecule has 0 bridgehead atoms. The van der Waals surface area contributed by atoms with Crippen molar-refractivity contribution in [1.82, 2.24) is 4.98 Å². The number of rotatable bonds is 4. The van der Waals surface area contributed by atoms with Crippen LogP contribution in [0, 0.1) is 0 Å². The number of aromatic amines is 1. The third-order valence-electron chi connectivity index (χ3n) is 2.85. The molecule has 104 valence electrons. The van der Waals surface area contributed by atoms with E-state index in [-0.39, 0.29) is 0 Å². The molecule has 21 heavy (non-hydrogen) atoms. The molecule has 0 aliphatic heterocycles. The SMILES string of the molecule is O=C(Oc1ccc(Oc2ccccc2)cc1)c1cc[nH]c1. The van der Waals surface area contributed by atoms with Crippen LogP contribution in [0.15, 0.2) is 73.1 Å². The van der Waals surface area contributed by atoms with Crippen LogP contribution >= 0.6 is 0 Å². The summed E-state index contributed by atoms with van der Waals surface area (Å²) in [5.41, 5.74) is 0.486. The van der Waals surface area contributed by atoms with Crippen LogP contribution in [0.4, 0.5) is 0 Å². The normalized spacial score (nSPS) is 10.1. The lowest BCUT2D eigenvalue weighted by atomic mass is 10.3. The molecular weight excluding hydrogens is 266 g/mol. The summed E-state index contributed by atoms with van der Waals surface area (Å²) < 4.78 is 10.9. The molecule has 0 saturated carbocycles. The second-order valence-corrected chi connectivity index (χ2v) is 4.38. The highest BCUT2D eigenvalue weighted by Gasteiger charge is 2.08. The second-order valence-electron chi connectivity index (χ2n) is 4.38. The molecule has 1 N–H and O–H groups in total. The van der Waals surface area contributed by atoms with Gasteiger partial charge in [-0.25, -0.2) is 4.79 Å². The predicted molar refractivity (Wildman–Crippen MR) is 78.7 cm³/mol. The molecule has 3 aromatic rings. The maximum Gasteiger partial charge on any atom is 0.345 e. The highest BCUT2D eigenvalue weighted by atomic mass is 16.5. The van der Waals surface area contributed by atoms with E-state index in [1.807, 2.05) is 30.3 Å². The standard InChI is InChI=1S/C17H13NO3/c19-17(13-10-11-18-12-13)21-16-8-6-15(7-9-16)20-14-4-2-1-3-5-14/h1-12,18H. The van der Waals surface area contributed by atoms with Gasteiger partial charge in [-0.3, -0.25) is 0 Å². The highest BCUT2D eigenvalue weighted by molar-refractivity contribution is 5.90. The van der Waals surface area contributed by atoms with Gasteiger partial charge < -0.3 is 14.5 Å². The predicted octanol–water partition coefficient (Wildman–Crippen LogP) is 4.03. The fourth-order valence-electron chi connectivity index (χ4n) is 1.82. The van der Waals surface area contributed by atoms with Crippen molar-refractivity contribution in [3.63, 3.8) is 0 Å². The van der Waals surface area contributed by atoms with E-state index in [1.54, 1.807) is 42.7 Å². The molecule has 0 saturated heterocycles. The Morgan fingerprint density at radius 2 is 1.48 bits per heavy atom. The number of aromatic nitrogens is 1. The molecule has 2 aromatic carbocycles. The van der Waals surface area contributed by atoms with E-state index in [0.717, 1.165) is 5.75 Å². The Balaban J connectivity index is 1.65. The number of para-hydroxylation sites is 1. The minimum Gasteiger partial charge on any atom is -0.457 e. The third kappa shape index (κ3) is 3.30. The van der Waals surface area contributed by atoms with Crippen molar-refractivity contribution in [1.29, 1.82) is 0 Å². The summed E-state index contributed by atoms with van der Waals surface area (Å²) in [4.78, 5) is 14.6. The van der Waals surface area contributed by atoms with Gasteiger partial charge in [0.1, 0.15) is 17.2 Å². The first kappa shape index (κ1) is 13.0. The van der Waals surface area contributed by atoms with E-state index in [2.05, 4.69) is 4.98 Å². The number of carbonyl (C=O) groups is 1. The monoisotopic (exact) mass is 279 g/mol. The van der Waals surface area contributed by atoms with Crippen molar-refractivity contribution in [3.8, 4) is 17.2 Å². The van der Waals surface area contributed by atoms with Crippen molar-refractivity contribution in [3.05, 3.63) is 78.6 Å². The van der Waals surface area contributed by atoms with E-state index < -0.39 is 5.97 Å². The van der Waals surface area contributed by atoms with Crippen LogP contribution < -0.4 is 9.47 Å². The van der Waals surface area contributed by atoms with Crippen molar-refractivity contribution in [2.24, 2.45) is 0 Å². The fraction of sp³-hybridized carbons (Fsp3) is 0. The minimum atomic E-state index is -0.395. The first-order valence-electron chi connectivity index (χ1n) is 6.49. The zero-order valence-electron chi connectivity index (χ0n) is 11.2. The fourth-order valence-corrected chi connectivity index (χ4v) is 1.82. The van der Waals surface area contributed by atoms with Crippen LogP contribution in [0.1, 0.15) is 10.4 Å². The molecule has 0 atom stereocenters. The number of benzene rings is 2. The van der Waals surface area contributed by atoms with Crippen molar-refractivity contribution < 1.29 is 14.3 Å². The van der Waals surface area contributed by atoms with E-state index in [0.29, 0.717) is 17.1 Å². The Morgan fingerprint density at radius 3 is 2.14 bits per heavy atom. The van der Waals surface area contributed by atoms with Gasteiger partial charge in [-0.1, -0.05) is 18.2 Å². The lowest BCUT2D eigenvalue weighted by Crippen LogP contribution is -2.06. The van der Waals surface area contributed by atoms with Crippen LogP contribution in [0.5, 0.6) is 17.2 Å². The number of carbonyl (C=O) groups excluding carboxylic acids is 1. The van der Waals surface area contributed by atoms with Gasteiger partial charge in [0, 0.05) is 12.4 Å². The number of hydrogen-bond donors (Lipinski definition) is 1. The Kier molecular flexibility index (Phi) is 3.69. The molecular formula is C17H13NO3. The smallest absolute Gasteiger partial charge is 0.345 e. The quantitative estimate of drug-likeness (QED) is 0.579. The van der Waals surface area contributed by atoms with Crippen LogP contribution in [-0.4, -0.2) is 11.0 Å². The largest absolute Gasteiger partial charge is 0.457 e. The summed E-state index contributed by atoms with van der Waals surface area (Å²) in [5.74, 6) is 1.52. The minimum absolute atomic E-state index is 0.395. The third-order valence-corrected chi connectivity index (χ3v) is 2.85. The van der Waals surface area contributed by atoms with E-state index in [4.69, 9.17) is 9.47 Å². The Morgan fingerprint density at radius 1 is 0.810 bits per heavy atom. The van der Waals surface area contributed by atoms with Gasteiger partial charge in [-0.2, -0.15) is 0 Å². The second kappa shape index (κ2) is 5.96. The zero-order chi connectivity index (χ0) is 14.5. The summed E-state index contributed by atoms with van der Waals surface area (Å²) in [6, 6.07) is 18.1. The van der Waals surface area contributed by atoms with E-state index in [1.165, 1.54) is 0 Å². The van der Waals surface area contributed by atoms with Crippen molar-refractivity contribution in [2.45, 2.75) is 0 Å². The van der Waals surface area contributed by atoms with E-state index in [9.17, 15) is 4.79 Å². The summed E-state index contributed by atoms with van der Waals surface area (Å²) in [6.45, 7) is 0. The summed E-state index contributed by atoms with van der Waals surface area (Å²) in [6.07, 6.45) is 3.27. The van der Waals surface area contributed by atoms with Gasteiger partial charge in [-0.05, 0) is 42.5 Å². The molecule has 4 nitrogen and oxygen atoms in total. The summed E-state index contributed by atoms with van der Waals surface area (Å²) in [7, 11) is 0. The lowest BCUT2D eigenvalue weighted by molar-refractivity contribution is 0.0735. The Hall–Kier alpha value is -3.01. The van der Waals surface area contributed by atoms with Crippen molar-refractivity contribution >= 4 is 5.97 Å². The van der Waals surface area contributed by atoms with Crippen molar-refractivity contribution in [2.75, 3.05) is 0 Å². The molecule has 0 unspecified atom stereocenters. The van der Waals surface area contributed by atoms with Crippen LogP contribution in [-0.2, 0) is 0 Å². The van der Waals surface area contributed by atoms with Gasteiger partial charge in [0.25, 0.3) is 0 Å². The average molecular weight is 279 g/mol. The molecule has 1 heterocycles. The average Bonchev–Trinajstić information content (AvgIpc) is 3.05. The first-order valence-corrected chi connectivity index (χ1v) is 6.49. The van der Waals surface area contributed by atoms with Gasteiger partial charge in [0.2, 0.25) is 0 Å². The van der Waals surface area contributed by atoms with Crippen LogP contribution in [0.2, 0.25) is 0 Å². The summed E-state index contributed by atoms with van der Waals surface area (Å²) in [5, 5.41) is 0. The molecule has 4 heteroatoms. The van der Waals surface area contributed by atoms with Gasteiger partial charge in [0.05, 0.1) is 5.56 Å². The Bertz CT molecular complexity index is 704. The Labute approximate surface area is 122 Å². The topological polar surface area (TPSA) is 51.3 Å². The number of nitrogens with one attached hydrogen (secondary N) is 1. The molecule has 0 radical (unpaired) electrons. The summed E-state index contributed by atoms with van der Waals surface area (Å²) >= 11 is 0. The molecule has 0 spiro atoms.